The van der Waals surface area contributed by atoms with Crippen LogP contribution in [0.3, 0.4) is 0 Å². The number of aromatic nitrogens is 1. The monoisotopic (exact) mass is 562 g/mol. The minimum Gasteiger partial charge on any atom is -0.487 e. The molecule has 1 heterocycles. The molecule has 1 aromatic heterocycles. The number of carbonyl (C=O) groups excluding carboxylic acids is 1. The number of nitrogens with zero attached hydrogens (tertiary/aromatic N) is 2. The Bertz CT molecular complexity index is 1460. The van der Waals surface area contributed by atoms with Crippen molar-refractivity contribution in [3.63, 3.8) is 0 Å². The number of nitrogens with one attached hydrogen (secondary N) is 2. The average Bonchev–Trinajstić information content (AvgIpc) is 3.30. The quantitative estimate of drug-likeness (QED) is 0.131. The van der Waals surface area contributed by atoms with Crippen LogP contribution in [0, 0.1) is 5.82 Å². The van der Waals surface area contributed by atoms with Crippen LogP contribution in [0.1, 0.15) is 22.4 Å². The van der Waals surface area contributed by atoms with Gasteiger partial charge in [-0.15, -0.1) is 11.3 Å². The summed E-state index contributed by atoms with van der Waals surface area (Å²) < 4.78 is 58.0. The molecule has 12 heteroatoms. The van der Waals surface area contributed by atoms with E-state index in [1.165, 1.54) is 24.4 Å². The van der Waals surface area contributed by atoms with Crippen molar-refractivity contribution in [2.75, 3.05) is 5.32 Å². The molecule has 2 N–H and O–H groups in total. The Morgan fingerprint density at radius 1 is 1.11 bits per heavy atom. The lowest BCUT2D eigenvalue weighted by atomic mass is 10.2. The number of hydrazone groups is 1. The van der Waals surface area contributed by atoms with E-state index in [-0.39, 0.29) is 24.5 Å². The lowest BCUT2D eigenvalue weighted by molar-refractivity contribution is -0.137. The van der Waals surface area contributed by atoms with E-state index < -0.39 is 17.6 Å². The number of amides is 1. The number of hydrogen-bond acceptors (Lipinski definition) is 6. The van der Waals surface area contributed by atoms with Crippen molar-refractivity contribution < 1.29 is 27.1 Å². The van der Waals surface area contributed by atoms with Gasteiger partial charge in [0.05, 0.1) is 28.9 Å². The number of rotatable bonds is 9. The van der Waals surface area contributed by atoms with Gasteiger partial charge in [-0.1, -0.05) is 35.9 Å². The van der Waals surface area contributed by atoms with Crippen molar-refractivity contribution in [2.24, 2.45) is 5.10 Å². The summed E-state index contributed by atoms with van der Waals surface area (Å²) in [6.45, 7) is 0.0175. The molecule has 0 aliphatic heterocycles. The minimum atomic E-state index is -4.45. The summed E-state index contributed by atoms with van der Waals surface area (Å²) in [7, 11) is 0. The third-order valence-corrected chi connectivity index (χ3v) is 6.14. The standard InChI is InChI=1S/C26H19ClF4N4O2S/c27-21-10-16(8-9-23(21)37-14-17-4-1-2-7-22(17)28)13-32-35-24(36)12-20-15-38-25(34-20)33-19-6-3-5-18(11-19)26(29,30)31/h1-11,13,15H,12,14H2,(H,33,34)(H,35,36)/b32-13-. The van der Waals surface area contributed by atoms with Crippen LogP contribution in [0.4, 0.5) is 28.4 Å². The van der Waals surface area contributed by atoms with Gasteiger partial charge in [-0.3, -0.25) is 4.79 Å². The van der Waals surface area contributed by atoms with Gasteiger partial charge >= 0.3 is 6.18 Å². The van der Waals surface area contributed by atoms with Crippen molar-refractivity contribution in [1.29, 1.82) is 0 Å². The molecule has 0 fully saturated rings. The van der Waals surface area contributed by atoms with Crippen molar-refractivity contribution in [3.05, 3.63) is 105 Å². The summed E-state index contributed by atoms with van der Waals surface area (Å²) >= 11 is 7.40. The van der Waals surface area contributed by atoms with E-state index in [0.717, 1.165) is 23.5 Å². The van der Waals surface area contributed by atoms with E-state index in [1.54, 1.807) is 41.8 Å². The van der Waals surface area contributed by atoms with E-state index in [4.69, 9.17) is 16.3 Å². The summed E-state index contributed by atoms with van der Waals surface area (Å²) in [5.74, 6) is -0.439. The summed E-state index contributed by atoms with van der Waals surface area (Å²) in [6, 6.07) is 15.9. The highest BCUT2D eigenvalue weighted by molar-refractivity contribution is 7.13. The van der Waals surface area contributed by atoms with Crippen LogP contribution in [0.15, 0.2) is 77.2 Å². The zero-order valence-electron chi connectivity index (χ0n) is 19.4. The first-order valence-electron chi connectivity index (χ1n) is 11.0. The van der Waals surface area contributed by atoms with Crippen molar-refractivity contribution in [2.45, 2.75) is 19.2 Å². The average molecular weight is 563 g/mol. The molecule has 0 spiro atoms. The van der Waals surface area contributed by atoms with E-state index >= 15 is 0 Å². The fourth-order valence-corrected chi connectivity index (χ4v) is 4.18. The highest BCUT2D eigenvalue weighted by atomic mass is 35.5. The minimum absolute atomic E-state index is 0.0175. The second-order valence-corrected chi connectivity index (χ2v) is 9.15. The van der Waals surface area contributed by atoms with Gasteiger partial charge in [-0.05, 0) is 48.0 Å². The van der Waals surface area contributed by atoms with E-state index in [0.29, 0.717) is 32.7 Å². The molecule has 1 amide bonds. The summed E-state index contributed by atoms with van der Waals surface area (Å²) in [6.07, 6.45) is -3.14. The predicted octanol–water partition coefficient (Wildman–Crippen LogP) is 6.97. The molecule has 4 aromatic rings. The Hall–Kier alpha value is -3.96. The first-order chi connectivity index (χ1) is 18.2. The van der Waals surface area contributed by atoms with Crippen LogP contribution in [-0.2, 0) is 24.0 Å². The SMILES string of the molecule is O=C(Cc1csc(Nc2cccc(C(F)(F)F)c2)n1)N/N=C\c1ccc(OCc2ccccc2F)c(Cl)c1. The Morgan fingerprint density at radius 2 is 1.92 bits per heavy atom. The molecule has 0 aliphatic rings. The fourth-order valence-electron chi connectivity index (χ4n) is 3.21. The second kappa shape index (κ2) is 12.1. The third kappa shape index (κ3) is 7.53. The Balaban J connectivity index is 1.27. The first-order valence-corrected chi connectivity index (χ1v) is 12.3. The van der Waals surface area contributed by atoms with Gasteiger partial charge in [0.1, 0.15) is 18.2 Å². The molecule has 6 nitrogen and oxygen atoms in total. The number of thiazole rings is 1. The molecule has 0 bridgehead atoms. The predicted molar refractivity (Wildman–Crippen MR) is 138 cm³/mol. The third-order valence-electron chi connectivity index (χ3n) is 5.03. The largest absolute Gasteiger partial charge is 0.487 e. The van der Waals surface area contributed by atoms with Crippen molar-refractivity contribution in [3.8, 4) is 5.75 Å². The Morgan fingerprint density at radius 3 is 2.68 bits per heavy atom. The van der Waals surface area contributed by atoms with Gasteiger partial charge in [0, 0.05) is 16.6 Å². The number of halogens is 5. The van der Waals surface area contributed by atoms with Crippen LogP contribution in [0.2, 0.25) is 5.02 Å². The lowest BCUT2D eigenvalue weighted by Gasteiger charge is -2.09. The molecule has 4 rings (SSSR count). The molecule has 0 saturated carbocycles. The molecule has 0 aliphatic carbocycles. The normalized spacial score (nSPS) is 11.5. The van der Waals surface area contributed by atoms with Crippen LogP contribution >= 0.6 is 22.9 Å². The maximum atomic E-state index is 13.7. The smallest absolute Gasteiger partial charge is 0.416 e. The Kier molecular flexibility index (Phi) is 8.59. The Labute approximate surface area is 223 Å². The van der Waals surface area contributed by atoms with Crippen molar-refractivity contribution >= 4 is 45.9 Å². The van der Waals surface area contributed by atoms with Gasteiger partial charge < -0.3 is 10.1 Å². The first kappa shape index (κ1) is 27.1. The molecular weight excluding hydrogens is 544 g/mol. The number of alkyl halides is 3. The van der Waals surface area contributed by atoms with E-state index in [2.05, 4.69) is 20.8 Å². The van der Waals surface area contributed by atoms with Crippen LogP contribution in [0.5, 0.6) is 5.75 Å². The van der Waals surface area contributed by atoms with E-state index in [9.17, 15) is 22.4 Å². The van der Waals surface area contributed by atoms with Gasteiger partial charge in [0.2, 0.25) is 5.91 Å². The molecule has 0 unspecified atom stereocenters. The molecule has 38 heavy (non-hydrogen) atoms. The molecule has 3 aromatic carbocycles. The molecule has 0 radical (unpaired) electrons. The molecule has 0 saturated heterocycles. The summed E-state index contributed by atoms with van der Waals surface area (Å²) in [4.78, 5) is 16.4. The number of ether oxygens (including phenoxy) is 1. The maximum Gasteiger partial charge on any atom is 0.416 e. The lowest BCUT2D eigenvalue weighted by Crippen LogP contribution is -2.19. The molecule has 196 valence electrons. The van der Waals surface area contributed by atoms with Gasteiger partial charge in [-0.25, -0.2) is 14.8 Å². The number of benzene rings is 3. The van der Waals surface area contributed by atoms with Crippen LogP contribution in [0.25, 0.3) is 0 Å². The van der Waals surface area contributed by atoms with Gasteiger partial charge in [0.15, 0.2) is 5.13 Å². The maximum absolute atomic E-state index is 13.7. The van der Waals surface area contributed by atoms with Crippen molar-refractivity contribution in [1.82, 2.24) is 10.4 Å². The molecular formula is C26H19ClF4N4O2S. The van der Waals surface area contributed by atoms with Crippen LogP contribution in [-0.4, -0.2) is 17.1 Å². The van der Waals surface area contributed by atoms with E-state index in [1.807, 2.05) is 0 Å². The highest BCUT2D eigenvalue weighted by Crippen LogP contribution is 2.32. The zero-order valence-corrected chi connectivity index (χ0v) is 21.0. The van der Waals surface area contributed by atoms with Crippen LogP contribution < -0.4 is 15.5 Å². The highest BCUT2D eigenvalue weighted by Gasteiger charge is 2.30. The van der Waals surface area contributed by atoms with Gasteiger partial charge in [-0.2, -0.15) is 18.3 Å². The summed E-state index contributed by atoms with van der Waals surface area (Å²) in [5, 5.41) is 8.98. The molecule has 0 atom stereocenters. The number of hydrogen-bond donors (Lipinski definition) is 2. The second-order valence-electron chi connectivity index (χ2n) is 7.89. The topological polar surface area (TPSA) is 75.6 Å². The fraction of sp³-hybridized carbons (Fsp3) is 0.115. The van der Waals surface area contributed by atoms with Gasteiger partial charge in [0.25, 0.3) is 0 Å². The number of carbonyl (C=O) groups is 1. The zero-order chi connectivity index (χ0) is 27.1. The number of anilines is 2. The summed E-state index contributed by atoms with van der Waals surface area (Å²) in [5.41, 5.74) is 3.26.